The number of carbonyl (C=O) groups excluding carboxylic acids is 1. The molecule has 5 heteroatoms. The van der Waals surface area contributed by atoms with Gasteiger partial charge in [0.15, 0.2) is 5.78 Å². The molecule has 1 aliphatic rings. The van der Waals surface area contributed by atoms with E-state index in [-0.39, 0.29) is 29.4 Å². The molecule has 160 valence electrons. The van der Waals surface area contributed by atoms with E-state index in [1.807, 2.05) is 30.3 Å². The van der Waals surface area contributed by atoms with Crippen LogP contribution in [0.3, 0.4) is 0 Å². The Bertz CT molecular complexity index is 683. The van der Waals surface area contributed by atoms with Crippen molar-refractivity contribution in [3.05, 3.63) is 47.5 Å². The van der Waals surface area contributed by atoms with Crippen LogP contribution in [0.2, 0.25) is 0 Å². The summed E-state index contributed by atoms with van der Waals surface area (Å²) in [6.07, 6.45) is 10.1. The number of aliphatic hydroxyl groups excluding tert-OH is 1. The van der Waals surface area contributed by atoms with Gasteiger partial charge in [-0.25, -0.2) is 0 Å². The normalized spacial score (nSPS) is 24.2. The first-order valence-electron chi connectivity index (χ1n) is 10.8. The van der Waals surface area contributed by atoms with E-state index in [1.54, 1.807) is 0 Å². The fraction of sp³-hybridized carbons (Fsp3) is 0.583. The Morgan fingerprint density at radius 3 is 2.48 bits per heavy atom. The van der Waals surface area contributed by atoms with Crippen molar-refractivity contribution in [1.82, 2.24) is 0 Å². The van der Waals surface area contributed by atoms with E-state index in [9.17, 15) is 14.7 Å². The van der Waals surface area contributed by atoms with Crippen LogP contribution in [0.5, 0.6) is 0 Å². The van der Waals surface area contributed by atoms with Gasteiger partial charge in [0, 0.05) is 29.7 Å². The van der Waals surface area contributed by atoms with Crippen LogP contribution in [0.15, 0.2) is 36.4 Å². The molecule has 0 spiro atoms. The first-order valence-corrected chi connectivity index (χ1v) is 11.2. The third-order valence-corrected chi connectivity index (χ3v) is 6.27. The number of rotatable bonds is 12. The second-order valence-electron chi connectivity index (χ2n) is 8.00. The summed E-state index contributed by atoms with van der Waals surface area (Å²) in [6.45, 7) is 2.12. The molecule has 29 heavy (non-hydrogen) atoms. The van der Waals surface area contributed by atoms with E-state index in [1.165, 1.54) is 0 Å². The van der Waals surface area contributed by atoms with Crippen LogP contribution in [0.4, 0.5) is 0 Å². The van der Waals surface area contributed by atoms with Crippen LogP contribution >= 0.6 is 11.6 Å². The molecule has 0 aromatic heterocycles. The van der Waals surface area contributed by atoms with Crippen molar-refractivity contribution in [2.45, 2.75) is 82.1 Å². The molecule has 0 bridgehead atoms. The third-order valence-electron chi connectivity index (χ3n) is 5.77. The second kappa shape index (κ2) is 12.1. The lowest BCUT2D eigenvalue weighted by Gasteiger charge is -2.23. The highest BCUT2D eigenvalue weighted by Gasteiger charge is 2.41. The molecule has 0 amide bonds. The Labute approximate surface area is 179 Å². The minimum absolute atomic E-state index is 0.0505. The standard InChI is InChI=1S/C24H33ClO4/c1-2-3-6-10-21(26)17-12-14-18(15-13-17)24-19(20(25)16-22(24)27)9-7-4-5-8-11-23(28)29/h4,7,12-15,19-20,22,24,27H,2-3,5-6,8-11,16H2,1H3,(H,28,29)/b7-4-/t19-,20-,22+,24+/m0/s1. The number of carboxylic acid groups (broad SMARTS) is 1. The summed E-state index contributed by atoms with van der Waals surface area (Å²) in [4.78, 5) is 22.8. The van der Waals surface area contributed by atoms with E-state index < -0.39 is 12.1 Å². The maximum atomic E-state index is 12.3. The number of carbonyl (C=O) groups is 2. The van der Waals surface area contributed by atoms with Gasteiger partial charge in [0.05, 0.1) is 6.10 Å². The fourth-order valence-electron chi connectivity index (χ4n) is 4.14. The molecule has 1 fully saturated rings. The number of aliphatic hydroxyl groups is 1. The molecule has 0 aliphatic heterocycles. The molecule has 2 N–H and O–H groups in total. The van der Waals surface area contributed by atoms with Gasteiger partial charge in [-0.1, -0.05) is 56.2 Å². The highest BCUT2D eigenvalue weighted by Crippen LogP contribution is 2.44. The molecule has 1 saturated carbocycles. The molecule has 1 aromatic rings. The number of Topliss-reactive ketones (excluding diaryl/α,β-unsaturated/α-hetero) is 1. The van der Waals surface area contributed by atoms with Crippen LogP contribution in [0, 0.1) is 5.92 Å². The van der Waals surface area contributed by atoms with Crippen molar-refractivity contribution in [1.29, 1.82) is 0 Å². The molecule has 4 nitrogen and oxygen atoms in total. The minimum Gasteiger partial charge on any atom is -0.481 e. The summed E-state index contributed by atoms with van der Waals surface area (Å²) in [5.41, 5.74) is 1.75. The van der Waals surface area contributed by atoms with Gasteiger partial charge in [-0.3, -0.25) is 9.59 Å². The number of aliphatic carboxylic acids is 1. The molecular formula is C24H33ClO4. The highest BCUT2D eigenvalue weighted by atomic mass is 35.5. The number of unbranched alkanes of at least 4 members (excludes halogenated alkanes) is 3. The van der Waals surface area contributed by atoms with Gasteiger partial charge >= 0.3 is 5.97 Å². The second-order valence-corrected chi connectivity index (χ2v) is 8.56. The Morgan fingerprint density at radius 1 is 1.10 bits per heavy atom. The summed E-state index contributed by atoms with van der Waals surface area (Å²) in [5.74, 6) is -0.530. The number of ketones is 1. The van der Waals surface area contributed by atoms with Gasteiger partial charge in [0.25, 0.3) is 0 Å². The Balaban J connectivity index is 1.97. The van der Waals surface area contributed by atoms with E-state index in [2.05, 4.69) is 13.0 Å². The van der Waals surface area contributed by atoms with Gasteiger partial charge in [0.2, 0.25) is 0 Å². The smallest absolute Gasteiger partial charge is 0.303 e. The van der Waals surface area contributed by atoms with E-state index in [0.29, 0.717) is 19.3 Å². The SMILES string of the molecule is CCCCCC(=O)c1ccc([C@@H]2[C@@H](C/C=C\CCCC(=O)O)[C@@H](Cl)C[C@H]2O)cc1. The third kappa shape index (κ3) is 7.27. The molecular weight excluding hydrogens is 388 g/mol. The molecule has 1 aromatic carbocycles. The number of carboxylic acids is 1. The fourth-order valence-corrected chi connectivity index (χ4v) is 4.58. The Morgan fingerprint density at radius 2 is 1.83 bits per heavy atom. The van der Waals surface area contributed by atoms with Gasteiger partial charge in [0.1, 0.15) is 0 Å². The summed E-state index contributed by atoms with van der Waals surface area (Å²) < 4.78 is 0. The summed E-state index contributed by atoms with van der Waals surface area (Å²) >= 11 is 6.53. The van der Waals surface area contributed by atoms with Crippen molar-refractivity contribution < 1.29 is 19.8 Å². The van der Waals surface area contributed by atoms with Crippen molar-refractivity contribution in [3.63, 3.8) is 0 Å². The predicted molar refractivity (Wildman–Crippen MR) is 117 cm³/mol. The molecule has 0 unspecified atom stereocenters. The Kier molecular flexibility index (Phi) is 9.89. The van der Waals surface area contributed by atoms with Crippen LogP contribution in [0.25, 0.3) is 0 Å². The molecule has 0 saturated heterocycles. The van der Waals surface area contributed by atoms with Crippen molar-refractivity contribution in [2.24, 2.45) is 5.92 Å². The summed E-state index contributed by atoms with van der Waals surface area (Å²) in [6, 6.07) is 7.66. The predicted octanol–water partition coefficient (Wildman–Crippen LogP) is 5.72. The summed E-state index contributed by atoms with van der Waals surface area (Å²) in [5, 5.41) is 19.1. The average molecular weight is 421 g/mol. The average Bonchev–Trinajstić information content (AvgIpc) is 2.97. The number of allylic oxidation sites excluding steroid dienone is 2. The van der Waals surface area contributed by atoms with Crippen LogP contribution in [-0.4, -0.2) is 33.4 Å². The van der Waals surface area contributed by atoms with E-state index >= 15 is 0 Å². The topological polar surface area (TPSA) is 74.6 Å². The van der Waals surface area contributed by atoms with Gasteiger partial charge < -0.3 is 10.2 Å². The number of benzene rings is 1. The van der Waals surface area contributed by atoms with Crippen molar-refractivity contribution in [3.8, 4) is 0 Å². The molecule has 0 radical (unpaired) electrons. The van der Waals surface area contributed by atoms with Gasteiger partial charge in [-0.2, -0.15) is 0 Å². The van der Waals surface area contributed by atoms with Crippen molar-refractivity contribution in [2.75, 3.05) is 0 Å². The van der Waals surface area contributed by atoms with E-state index in [4.69, 9.17) is 16.7 Å². The summed E-state index contributed by atoms with van der Waals surface area (Å²) in [7, 11) is 0. The molecule has 4 atom stereocenters. The van der Waals surface area contributed by atoms with E-state index in [0.717, 1.165) is 43.2 Å². The van der Waals surface area contributed by atoms with Crippen LogP contribution < -0.4 is 0 Å². The number of alkyl halides is 1. The monoisotopic (exact) mass is 420 g/mol. The van der Waals surface area contributed by atoms with Crippen LogP contribution in [0.1, 0.15) is 86.6 Å². The quantitative estimate of drug-likeness (QED) is 0.196. The molecule has 1 aliphatic carbocycles. The van der Waals surface area contributed by atoms with Gasteiger partial charge in [-0.05, 0) is 43.6 Å². The maximum absolute atomic E-state index is 12.3. The maximum Gasteiger partial charge on any atom is 0.303 e. The molecule has 2 rings (SSSR count). The zero-order valence-electron chi connectivity index (χ0n) is 17.2. The molecule has 0 heterocycles. The lowest BCUT2D eigenvalue weighted by molar-refractivity contribution is -0.137. The van der Waals surface area contributed by atoms with Crippen molar-refractivity contribution >= 4 is 23.4 Å². The Hall–Kier alpha value is -1.65. The lowest BCUT2D eigenvalue weighted by atomic mass is 9.85. The minimum atomic E-state index is -0.773. The highest BCUT2D eigenvalue weighted by molar-refractivity contribution is 6.21. The van der Waals surface area contributed by atoms with Crippen LogP contribution in [-0.2, 0) is 4.79 Å². The zero-order chi connectivity index (χ0) is 21.2. The number of hydrogen-bond donors (Lipinski definition) is 2. The largest absolute Gasteiger partial charge is 0.481 e. The first kappa shape index (κ1) is 23.6. The first-order chi connectivity index (χ1) is 13.9. The number of halogens is 1. The lowest BCUT2D eigenvalue weighted by Crippen LogP contribution is -2.18. The van der Waals surface area contributed by atoms with Gasteiger partial charge in [-0.15, -0.1) is 11.6 Å². The zero-order valence-corrected chi connectivity index (χ0v) is 18.0. The number of hydrogen-bond acceptors (Lipinski definition) is 3.